The van der Waals surface area contributed by atoms with Crippen molar-refractivity contribution in [2.45, 2.75) is 0 Å². The molecule has 1 aromatic carbocycles. The average Bonchev–Trinajstić information content (AvgIpc) is 2.92. The molecular formula is C12H10N2O4. The summed E-state index contributed by atoms with van der Waals surface area (Å²) in [4.78, 5) is 15.5. The van der Waals surface area contributed by atoms with Crippen LogP contribution in [-0.2, 0) is 0 Å². The fraction of sp³-hybridized carbons (Fsp3) is 0.167. The first-order chi connectivity index (χ1) is 8.83. The minimum absolute atomic E-state index is 0.227. The molecule has 1 amide bonds. The number of fused-ring (bicyclic) bond motifs is 1. The lowest BCUT2D eigenvalue weighted by Gasteiger charge is -2.18. The maximum absolute atomic E-state index is 11.7. The third kappa shape index (κ3) is 2.00. The van der Waals surface area contributed by atoms with Gasteiger partial charge in [0.05, 0.1) is 0 Å². The highest BCUT2D eigenvalue weighted by atomic mass is 16.6. The van der Waals surface area contributed by atoms with Crippen LogP contribution in [0, 0.1) is 0 Å². The van der Waals surface area contributed by atoms with Crippen molar-refractivity contribution in [1.82, 2.24) is 4.98 Å². The number of aromatic nitrogens is 1. The third-order valence-corrected chi connectivity index (χ3v) is 2.47. The largest absolute Gasteiger partial charge is 0.486 e. The highest BCUT2D eigenvalue weighted by Crippen LogP contribution is 2.32. The molecule has 92 valence electrons. The van der Waals surface area contributed by atoms with E-state index in [2.05, 4.69) is 10.3 Å². The molecule has 0 saturated carbocycles. The SMILES string of the molecule is O=C(Nc1ccc2c(c1)OCCO2)c1cocn1. The second-order valence-electron chi connectivity index (χ2n) is 3.69. The fourth-order valence-electron chi connectivity index (χ4n) is 1.64. The van der Waals surface area contributed by atoms with Gasteiger partial charge in [-0.25, -0.2) is 4.98 Å². The summed E-state index contributed by atoms with van der Waals surface area (Å²) in [7, 11) is 0. The summed E-state index contributed by atoms with van der Waals surface area (Å²) in [5, 5.41) is 2.70. The van der Waals surface area contributed by atoms with E-state index in [1.165, 1.54) is 12.7 Å². The number of ether oxygens (including phenoxy) is 2. The molecule has 1 aliphatic rings. The van der Waals surface area contributed by atoms with Crippen molar-refractivity contribution < 1.29 is 18.7 Å². The van der Waals surface area contributed by atoms with E-state index in [4.69, 9.17) is 13.9 Å². The predicted molar refractivity (Wildman–Crippen MR) is 61.9 cm³/mol. The summed E-state index contributed by atoms with van der Waals surface area (Å²) >= 11 is 0. The molecule has 0 atom stereocenters. The third-order valence-electron chi connectivity index (χ3n) is 2.47. The molecule has 2 heterocycles. The first-order valence-corrected chi connectivity index (χ1v) is 5.42. The molecule has 18 heavy (non-hydrogen) atoms. The summed E-state index contributed by atoms with van der Waals surface area (Å²) < 4.78 is 15.6. The number of hydrogen-bond acceptors (Lipinski definition) is 5. The number of oxazole rings is 1. The number of benzene rings is 1. The zero-order chi connectivity index (χ0) is 12.4. The molecule has 0 unspecified atom stereocenters. The lowest BCUT2D eigenvalue weighted by molar-refractivity contribution is 0.102. The quantitative estimate of drug-likeness (QED) is 0.872. The van der Waals surface area contributed by atoms with Gasteiger partial charge in [-0.05, 0) is 12.1 Å². The summed E-state index contributed by atoms with van der Waals surface area (Å²) in [6.07, 6.45) is 2.49. The Morgan fingerprint density at radius 1 is 1.22 bits per heavy atom. The number of carbonyl (C=O) groups excluding carboxylic acids is 1. The minimum Gasteiger partial charge on any atom is -0.486 e. The van der Waals surface area contributed by atoms with Gasteiger partial charge in [0.2, 0.25) is 0 Å². The van der Waals surface area contributed by atoms with Crippen molar-refractivity contribution in [3.05, 3.63) is 36.5 Å². The maximum Gasteiger partial charge on any atom is 0.277 e. The molecule has 6 nitrogen and oxygen atoms in total. The van der Waals surface area contributed by atoms with E-state index < -0.39 is 0 Å². The van der Waals surface area contributed by atoms with Crippen molar-refractivity contribution in [1.29, 1.82) is 0 Å². The Kier molecular flexibility index (Phi) is 2.60. The van der Waals surface area contributed by atoms with Crippen molar-refractivity contribution in [3.8, 4) is 11.5 Å². The normalized spacial score (nSPS) is 13.1. The molecule has 0 aliphatic carbocycles. The van der Waals surface area contributed by atoms with Gasteiger partial charge in [-0.3, -0.25) is 4.79 Å². The standard InChI is InChI=1S/C12H10N2O4/c15-12(9-6-16-7-13-9)14-8-1-2-10-11(5-8)18-4-3-17-10/h1-2,5-7H,3-4H2,(H,14,15). The molecule has 1 aromatic heterocycles. The number of hydrogen-bond donors (Lipinski definition) is 1. The first-order valence-electron chi connectivity index (χ1n) is 5.42. The molecule has 0 fully saturated rings. The van der Waals surface area contributed by atoms with Crippen LogP contribution in [0.2, 0.25) is 0 Å². The Morgan fingerprint density at radius 2 is 2.06 bits per heavy atom. The van der Waals surface area contributed by atoms with Crippen LogP contribution in [0.5, 0.6) is 11.5 Å². The van der Waals surface area contributed by atoms with Crippen molar-refractivity contribution >= 4 is 11.6 Å². The van der Waals surface area contributed by atoms with E-state index in [9.17, 15) is 4.79 Å². The molecule has 0 radical (unpaired) electrons. The highest BCUT2D eigenvalue weighted by molar-refractivity contribution is 6.02. The molecule has 0 spiro atoms. The van der Waals surface area contributed by atoms with Gasteiger partial charge in [0.1, 0.15) is 19.5 Å². The molecule has 0 bridgehead atoms. The van der Waals surface area contributed by atoms with Crippen LogP contribution in [0.15, 0.2) is 35.3 Å². The topological polar surface area (TPSA) is 73.6 Å². The van der Waals surface area contributed by atoms with Crippen molar-refractivity contribution in [3.63, 3.8) is 0 Å². The van der Waals surface area contributed by atoms with E-state index in [1.807, 2.05) is 0 Å². The molecule has 1 N–H and O–H groups in total. The summed E-state index contributed by atoms with van der Waals surface area (Å²) in [5.41, 5.74) is 0.845. The molecule has 0 saturated heterocycles. The van der Waals surface area contributed by atoms with Crippen LogP contribution in [0.25, 0.3) is 0 Å². The lowest BCUT2D eigenvalue weighted by Crippen LogP contribution is -2.16. The summed E-state index contributed by atoms with van der Waals surface area (Å²) in [5.74, 6) is 0.973. The summed E-state index contributed by atoms with van der Waals surface area (Å²) in [6, 6.07) is 5.21. The van der Waals surface area contributed by atoms with Gasteiger partial charge in [0.25, 0.3) is 5.91 Å². The van der Waals surface area contributed by atoms with Crippen LogP contribution in [-0.4, -0.2) is 24.1 Å². The Morgan fingerprint density at radius 3 is 2.83 bits per heavy atom. The van der Waals surface area contributed by atoms with Crippen molar-refractivity contribution in [2.75, 3.05) is 18.5 Å². The number of nitrogens with one attached hydrogen (secondary N) is 1. The monoisotopic (exact) mass is 246 g/mol. The van der Waals surface area contributed by atoms with Gasteiger partial charge in [-0.2, -0.15) is 0 Å². The second kappa shape index (κ2) is 4.40. The highest BCUT2D eigenvalue weighted by Gasteiger charge is 2.14. The van der Waals surface area contributed by atoms with Crippen LogP contribution >= 0.6 is 0 Å². The Balaban J connectivity index is 1.79. The number of rotatable bonds is 2. The molecule has 6 heteroatoms. The van der Waals surface area contributed by atoms with E-state index in [1.54, 1.807) is 18.2 Å². The molecular weight excluding hydrogens is 236 g/mol. The van der Waals surface area contributed by atoms with Crippen LogP contribution in [0.4, 0.5) is 5.69 Å². The number of anilines is 1. The number of carbonyl (C=O) groups is 1. The summed E-state index contributed by atoms with van der Waals surface area (Å²) in [6.45, 7) is 1.05. The fourth-order valence-corrected chi connectivity index (χ4v) is 1.64. The van der Waals surface area contributed by atoms with E-state index >= 15 is 0 Å². The van der Waals surface area contributed by atoms with Crippen LogP contribution in [0.1, 0.15) is 10.5 Å². The van der Waals surface area contributed by atoms with E-state index in [0.29, 0.717) is 30.4 Å². The van der Waals surface area contributed by atoms with Gasteiger partial charge in [-0.1, -0.05) is 0 Å². The Hall–Kier alpha value is -2.50. The van der Waals surface area contributed by atoms with E-state index in [-0.39, 0.29) is 11.6 Å². The van der Waals surface area contributed by atoms with Crippen LogP contribution < -0.4 is 14.8 Å². The van der Waals surface area contributed by atoms with Gasteiger partial charge >= 0.3 is 0 Å². The van der Waals surface area contributed by atoms with Crippen molar-refractivity contribution in [2.24, 2.45) is 0 Å². The molecule has 3 rings (SSSR count). The second-order valence-corrected chi connectivity index (χ2v) is 3.69. The zero-order valence-electron chi connectivity index (χ0n) is 9.38. The maximum atomic E-state index is 11.7. The lowest BCUT2D eigenvalue weighted by atomic mass is 10.2. The predicted octanol–water partition coefficient (Wildman–Crippen LogP) is 1.70. The van der Waals surface area contributed by atoms with Gasteiger partial charge in [-0.15, -0.1) is 0 Å². The molecule has 2 aromatic rings. The van der Waals surface area contributed by atoms with Gasteiger partial charge < -0.3 is 19.2 Å². The average molecular weight is 246 g/mol. The van der Waals surface area contributed by atoms with E-state index in [0.717, 1.165) is 0 Å². The van der Waals surface area contributed by atoms with Gasteiger partial charge in [0, 0.05) is 11.8 Å². The minimum atomic E-state index is -0.333. The first kappa shape index (κ1) is 10.6. The van der Waals surface area contributed by atoms with Crippen LogP contribution in [0.3, 0.4) is 0 Å². The zero-order valence-corrected chi connectivity index (χ0v) is 9.38. The smallest absolute Gasteiger partial charge is 0.277 e. The van der Waals surface area contributed by atoms with Gasteiger partial charge in [0.15, 0.2) is 23.6 Å². The number of amides is 1. The molecule has 1 aliphatic heterocycles. The Bertz CT molecular complexity index is 565. The Labute approximate surface area is 103 Å². The number of nitrogens with zero attached hydrogens (tertiary/aromatic N) is 1.